The molecule has 1 aromatic heterocycles. The molecule has 0 unspecified atom stereocenters. The third-order valence-corrected chi connectivity index (χ3v) is 2.96. The minimum absolute atomic E-state index is 0.347. The van der Waals surface area contributed by atoms with E-state index in [0.717, 1.165) is 22.8 Å². The van der Waals surface area contributed by atoms with Crippen molar-refractivity contribution in [1.82, 2.24) is 4.98 Å². The van der Waals surface area contributed by atoms with E-state index in [-0.39, 0.29) is 0 Å². The molecule has 2 rings (SSSR count). The molecule has 1 aromatic carbocycles. The zero-order valence-corrected chi connectivity index (χ0v) is 10.4. The Hall–Kier alpha value is -1.36. The van der Waals surface area contributed by atoms with Gasteiger partial charge in [0.25, 0.3) is 0 Å². The van der Waals surface area contributed by atoms with Crippen molar-refractivity contribution in [3.8, 4) is 0 Å². The van der Waals surface area contributed by atoms with Gasteiger partial charge in [-0.3, -0.25) is 9.69 Å². The summed E-state index contributed by atoms with van der Waals surface area (Å²) in [6, 6.07) is 6.12. The van der Waals surface area contributed by atoms with Crippen molar-refractivity contribution in [1.29, 1.82) is 0 Å². The molecular formula is C11H11BrN2O2. The molecule has 0 saturated carbocycles. The summed E-state index contributed by atoms with van der Waals surface area (Å²) in [6.07, 6.45) is 0.718. The second kappa shape index (κ2) is 4.65. The third kappa shape index (κ3) is 1.95. The summed E-state index contributed by atoms with van der Waals surface area (Å²) in [5, 5.41) is 0.768. The Labute approximate surface area is 101 Å². The third-order valence-electron chi connectivity index (χ3n) is 2.31. The zero-order valence-electron chi connectivity index (χ0n) is 8.81. The van der Waals surface area contributed by atoms with Gasteiger partial charge in [0, 0.05) is 11.9 Å². The molecule has 0 spiro atoms. The standard InChI is InChI=1S/C11H11BrN2O2/c1-2-14(7-15)11-13-9-4-3-8(6-12)5-10(9)16-11/h3-5,7H,2,6H2,1H3. The maximum absolute atomic E-state index is 10.8. The van der Waals surface area contributed by atoms with Crippen LogP contribution in [0, 0.1) is 0 Å². The second-order valence-electron chi connectivity index (χ2n) is 3.32. The van der Waals surface area contributed by atoms with Crippen molar-refractivity contribution in [3.63, 3.8) is 0 Å². The molecule has 0 aliphatic rings. The fourth-order valence-corrected chi connectivity index (χ4v) is 1.77. The smallest absolute Gasteiger partial charge is 0.305 e. The van der Waals surface area contributed by atoms with Gasteiger partial charge in [-0.05, 0) is 24.6 Å². The molecule has 0 aliphatic heterocycles. The molecule has 0 atom stereocenters. The highest BCUT2D eigenvalue weighted by Crippen LogP contribution is 2.23. The molecular weight excluding hydrogens is 272 g/mol. The van der Waals surface area contributed by atoms with Gasteiger partial charge in [0.15, 0.2) is 5.58 Å². The lowest BCUT2D eigenvalue weighted by Gasteiger charge is -2.07. The lowest BCUT2D eigenvalue weighted by Crippen LogP contribution is -2.20. The summed E-state index contributed by atoms with van der Waals surface area (Å²) < 4.78 is 5.52. The maximum Gasteiger partial charge on any atom is 0.305 e. The number of fused-ring (bicyclic) bond motifs is 1. The molecule has 84 valence electrons. The topological polar surface area (TPSA) is 46.3 Å². The van der Waals surface area contributed by atoms with E-state index in [2.05, 4.69) is 20.9 Å². The summed E-state index contributed by atoms with van der Waals surface area (Å²) in [4.78, 5) is 16.4. The number of rotatable bonds is 4. The van der Waals surface area contributed by atoms with E-state index in [1.165, 1.54) is 4.90 Å². The van der Waals surface area contributed by atoms with Gasteiger partial charge in [0.2, 0.25) is 6.41 Å². The first-order valence-electron chi connectivity index (χ1n) is 4.96. The van der Waals surface area contributed by atoms with Crippen LogP contribution in [-0.2, 0) is 10.1 Å². The number of amides is 1. The number of benzene rings is 1. The highest BCUT2D eigenvalue weighted by molar-refractivity contribution is 9.08. The summed E-state index contributed by atoms with van der Waals surface area (Å²) in [6.45, 7) is 2.41. The van der Waals surface area contributed by atoms with Crippen molar-refractivity contribution >= 4 is 39.5 Å². The predicted octanol–water partition coefficient (Wildman–Crippen LogP) is 2.71. The minimum atomic E-state index is 0.347. The van der Waals surface area contributed by atoms with Crippen LogP contribution in [0.25, 0.3) is 11.1 Å². The Morgan fingerprint density at radius 3 is 3.00 bits per heavy atom. The van der Waals surface area contributed by atoms with Crippen molar-refractivity contribution in [2.45, 2.75) is 12.3 Å². The normalized spacial score (nSPS) is 10.6. The summed E-state index contributed by atoms with van der Waals surface area (Å²) in [7, 11) is 0. The van der Waals surface area contributed by atoms with Gasteiger partial charge in [-0.25, -0.2) is 0 Å². The summed E-state index contributed by atoms with van der Waals surface area (Å²) in [5.41, 5.74) is 2.58. The number of hydrogen-bond acceptors (Lipinski definition) is 3. The van der Waals surface area contributed by atoms with Crippen LogP contribution in [-0.4, -0.2) is 17.9 Å². The quantitative estimate of drug-likeness (QED) is 0.640. The number of carbonyl (C=O) groups is 1. The molecule has 0 radical (unpaired) electrons. The number of halogens is 1. The monoisotopic (exact) mass is 282 g/mol. The van der Waals surface area contributed by atoms with Crippen LogP contribution < -0.4 is 4.90 Å². The number of hydrogen-bond donors (Lipinski definition) is 0. The SMILES string of the molecule is CCN(C=O)c1nc2ccc(CBr)cc2o1. The first-order valence-corrected chi connectivity index (χ1v) is 6.08. The molecule has 0 fully saturated rings. The van der Waals surface area contributed by atoms with E-state index < -0.39 is 0 Å². The van der Waals surface area contributed by atoms with Gasteiger partial charge in [-0.1, -0.05) is 22.0 Å². The van der Waals surface area contributed by atoms with Gasteiger partial charge < -0.3 is 4.42 Å². The van der Waals surface area contributed by atoms with Crippen LogP contribution in [0.1, 0.15) is 12.5 Å². The summed E-state index contributed by atoms with van der Waals surface area (Å²) in [5.74, 6) is 0. The van der Waals surface area contributed by atoms with Gasteiger partial charge in [-0.15, -0.1) is 0 Å². The van der Waals surface area contributed by atoms with Crippen LogP contribution in [0.3, 0.4) is 0 Å². The number of aromatic nitrogens is 1. The van der Waals surface area contributed by atoms with E-state index in [9.17, 15) is 4.79 Å². The Morgan fingerprint density at radius 1 is 1.56 bits per heavy atom. The van der Waals surface area contributed by atoms with Gasteiger partial charge in [0.1, 0.15) is 5.52 Å². The summed E-state index contributed by atoms with van der Waals surface area (Å²) >= 11 is 3.38. The molecule has 1 heterocycles. The Morgan fingerprint density at radius 2 is 2.38 bits per heavy atom. The lowest BCUT2D eigenvalue weighted by molar-refractivity contribution is -0.107. The average molecular weight is 283 g/mol. The van der Waals surface area contributed by atoms with Crippen LogP contribution in [0.15, 0.2) is 22.6 Å². The number of anilines is 1. The molecule has 0 aliphatic carbocycles. The Kier molecular flexibility index (Phi) is 3.24. The van der Waals surface area contributed by atoms with E-state index in [4.69, 9.17) is 4.42 Å². The van der Waals surface area contributed by atoms with Crippen molar-refractivity contribution < 1.29 is 9.21 Å². The van der Waals surface area contributed by atoms with Crippen LogP contribution in [0.2, 0.25) is 0 Å². The molecule has 0 saturated heterocycles. The molecule has 1 amide bonds. The molecule has 2 aromatic rings. The van der Waals surface area contributed by atoms with Crippen molar-refractivity contribution in [2.75, 3.05) is 11.4 Å². The minimum Gasteiger partial charge on any atom is -0.423 e. The number of alkyl halides is 1. The molecule has 16 heavy (non-hydrogen) atoms. The van der Waals surface area contributed by atoms with Gasteiger partial charge in [-0.2, -0.15) is 4.98 Å². The highest BCUT2D eigenvalue weighted by Gasteiger charge is 2.11. The van der Waals surface area contributed by atoms with Gasteiger partial charge >= 0.3 is 6.01 Å². The van der Waals surface area contributed by atoms with E-state index >= 15 is 0 Å². The number of nitrogens with zero attached hydrogens (tertiary/aromatic N) is 2. The zero-order chi connectivity index (χ0) is 11.5. The van der Waals surface area contributed by atoms with Crippen LogP contribution >= 0.6 is 15.9 Å². The first-order chi connectivity index (χ1) is 7.78. The lowest BCUT2D eigenvalue weighted by atomic mass is 10.2. The fourth-order valence-electron chi connectivity index (χ4n) is 1.42. The second-order valence-corrected chi connectivity index (χ2v) is 3.88. The van der Waals surface area contributed by atoms with Crippen molar-refractivity contribution in [2.24, 2.45) is 0 Å². The highest BCUT2D eigenvalue weighted by atomic mass is 79.9. The van der Waals surface area contributed by atoms with E-state index in [1.807, 2.05) is 25.1 Å². The molecule has 0 N–H and O–H groups in total. The maximum atomic E-state index is 10.8. The first kappa shape index (κ1) is 11.1. The fraction of sp³-hybridized carbons (Fsp3) is 0.273. The van der Waals surface area contributed by atoms with Crippen molar-refractivity contribution in [3.05, 3.63) is 23.8 Å². The molecule has 0 bridgehead atoms. The molecule has 5 heteroatoms. The van der Waals surface area contributed by atoms with E-state index in [1.54, 1.807) is 0 Å². The van der Waals surface area contributed by atoms with E-state index in [0.29, 0.717) is 18.1 Å². The van der Waals surface area contributed by atoms with Gasteiger partial charge in [0.05, 0.1) is 0 Å². The molecule has 4 nitrogen and oxygen atoms in total. The Bertz CT molecular complexity index is 510. The Balaban J connectivity index is 2.46. The predicted molar refractivity (Wildman–Crippen MR) is 65.7 cm³/mol. The van der Waals surface area contributed by atoms with Crippen LogP contribution in [0.5, 0.6) is 0 Å². The number of carbonyl (C=O) groups excluding carboxylic acids is 1. The number of oxazole rings is 1. The largest absolute Gasteiger partial charge is 0.423 e. The van der Waals surface area contributed by atoms with Crippen LogP contribution in [0.4, 0.5) is 6.01 Å². The average Bonchev–Trinajstić information content (AvgIpc) is 2.72.